The van der Waals surface area contributed by atoms with Gasteiger partial charge < -0.3 is 9.47 Å². The van der Waals surface area contributed by atoms with Crippen molar-refractivity contribution in [2.45, 2.75) is 6.61 Å². The number of nitrogens with zero attached hydrogens (tertiary/aromatic N) is 1. The Bertz CT molecular complexity index is 986. The Morgan fingerprint density at radius 1 is 1.11 bits per heavy atom. The Morgan fingerprint density at radius 3 is 2.59 bits per heavy atom. The van der Waals surface area contributed by atoms with E-state index in [0.29, 0.717) is 29.2 Å². The highest BCUT2D eigenvalue weighted by Gasteiger charge is 2.13. The predicted molar refractivity (Wildman–Crippen MR) is 106 cm³/mol. The Balaban J connectivity index is 1.82. The second-order valence-corrected chi connectivity index (χ2v) is 6.68. The van der Waals surface area contributed by atoms with Gasteiger partial charge in [-0.2, -0.15) is 5.26 Å². The third-order valence-corrected chi connectivity index (χ3v) is 4.70. The fourth-order valence-corrected chi connectivity index (χ4v) is 3.11. The molecule has 0 atom stereocenters. The van der Waals surface area contributed by atoms with E-state index in [4.69, 9.17) is 9.47 Å². The number of Topliss-reactive ketones (excluding diaryl/α,β-unsaturated/α-hetero) is 1. The van der Waals surface area contributed by atoms with Crippen molar-refractivity contribution in [3.8, 4) is 17.6 Å². The molecule has 0 aliphatic rings. The molecule has 3 rings (SSSR count). The first-order chi connectivity index (χ1) is 13.2. The SMILES string of the molecule is COc1cc(/C=C(\C#N)C(=O)c2ccccc2)ccc1OCc1cccs1. The molecule has 27 heavy (non-hydrogen) atoms. The third kappa shape index (κ3) is 4.63. The van der Waals surface area contributed by atoms with Gasteiger partial charge in [0, 0.05) is 10.4 Å². The van der Waals surface area contributed by atoms with Crippen molar-refractivity contribution in [3.63, 3.8) is 0 Å². The van der Waals surface area contributed by atoms with Gasteiger partial charge in [0.25, 0.3) is 0 Å². The van der Waals surface area contributed by atoms with Gasteiger partial charge in [0.1, 0.15) is 18.2 Å². The maximum Gasteiger partial charge on any atom is 0.203 e. The number of carbonyl (C=O) groups is 1. The summed E-state index contributed by atoms with van der Waals surface area (Å²) in [6.07, 6.45) is 1.56. The smallest absolute Gasteiger partial charge is 0.203 e. The molecule has 4 nitrogen and oxygen atoms in total. The van der Waals surface area contributed by atoms with E-state index in [0.717, 1.165) is 4.88 Å². The molecule has 0 spiro atoms. The zero-order valence-electron chi connectivity index (χ0n) is 14.7. The van der Waals surface area contributed by atoms with Crippen LogP contribution in [-0.2, 0) is 6.61 Å². The van der Waals surface area contributed by atoms with Crippen LogP contribution in [0.25, 0.3) is 6.08 Å². The molecule has 0 radical (unpaired) electrons. The number of allylic oxidation sites excluding steroid dienone is 1. The van der Waals surface area contributed by atoms with E-state index < -0.39 is 0 Å². The van der Waals surface area contributed by atoms with Crippen molar-refractivity contribution < 1.29 is 14.3 Å². The van der Waals surface area contributed by atoms with Crippen LogP contribution in [0.3, 0.4) is 0 Å². The minimum absolute atomic E-state index is 0.0653. The van der Waals surface area contributed by atoms with Gasteiger partial charge in [-0.15, -0.1) is 11.3 Å². The lowest BCUT2D eigenvalue weighted by Gasteiger charge is -2.11. The van der Waals surface area contributed by atoms with Gasteiger partial charge in [-0.3, -0.25) is 4.79 Å². The summed E-state index contributed by atoms with van der Waals surface area (Å²) >= 11 is 1.62. The lowest BCUT2D eigenvalue weighted by molar-refractivity contribution is 0.104. The van der Waals surface area contributed by atoms with Crippen molar-refractivity contribution >= 4 is 23.2 Å². The van der Waals surface area contributed by atoms with E-state index in [9.17, 15) is 10.1 Å². The molecule has 0 aliphatic carbocycles. The van der Waals surface area contributed by atoms with Gasteiger partial charge in [0.15, 0.2) is 11.5 Å². The molecule has 0 aliphatic heterocycles. The summed E-state index contributed by atoms with van der Waals surface area (Å²) in [5, 5.41) is 11.4. The molecule has 0 saturated heterocycles. The standard InChI is InChI=1S/C22H17NO3S/c1-25-21-13-16(9-10-20(21)26-15-19-8-5-11-27-19)12-18(14-23)22(24)17-6-3-2-4-7-17/h2-13H,15H2,1H3/b18-12+. The number of nitriles is 1. The van der Waals surface area contributed by atoms with E-state index in [2.05, 4.69) is 0 Å². The Hall–Kier alpha value is -3.36. The number of hydrogen-bond acceptors (Lipinski definition) is 5. The third-order valence-electron chi connectivity index (χ3n) is 3.85. The van der Waals surface area contributed by atoms with Crippen LogP contribution in [0, 0.1) is 11.3 Å². The lowest BCUT2D eigenvalue weighted by atomic mass is 10.0. The Morgan fingerprint density at radius 2 is 1.93 bits per heavy atom. The number of ketones is 1. The maximum atomic E-state index is 12.5. The van der Waals surface area contributed by atoms with Crippen LogP contribution in [-0.4, -0.2) is 12.9 Å². The number of rotatable bonds is 7. The van der Waals surface area contributed by atoms with Crippen molar-refractivity contribution in [1.82, 2.24) is 0 Å². The van der Waals surface area contributed by atoms with Crippen LogP contribution in [0.15, 0.2) is 71.6 Å². The number of thiophene rings is 1. The Kier molecular flexibility index (Phi) is 6.03. The molecule has 1 heterocycles. The maximum absolute atomic E-state index is 12.5. The van der Waals surface area contributed by atoms with Gasteiger partial charge in [-0.1, -0.05) is 42.5 Å². The molecular formula is C22H17NO3S. The van der Waals surface area contributed by atoms with Crippen LogP contribution >= 0.6 is 11.3 Å². The van der Waals surface area contributed by atoms with Crippen LogP contribution < -0.4 is 9.47 Å². The average molecular weight is 375 g/mol. The normalized spacial score (nSPS) is 10.9. The first-order valence-corrected chi connectivity index (χ1v) is 9.14. The highest BCUT2D eigenvalue weighted by atomic mass is 32.1. The van der Waals surface area contributed by atoms with E-state index in [1.165, 1.54) is 0 Å². The monoisotopic (exact) mass is 375 g/mol. The zero-order valence-corrected chi connectivity index (χ0v) is 15.5. The van der Waals surface area contributed by atoms with Crippen LogP contribution in [0.2, 0.25) is 0 Å². The number of methoxy groups -OCH3 is 1. The van der Waals surface area contributed by atoms with Crippen molar-refractivity contribution in [2.75, 3.05) is 7.11 Å². The molecular weight excluding hydrogens is 358 g/mol. The van der Waals surface area contributed by atoms with E-state index in [1.54, 1.807) is 67.0 Å². The highest BCUT2D eigenvalue weighted by molar-refractivity contribution is 7.09. The summed E-state index contributed by atoms with van der Waals surface area (Å²) in [5.41, 5.74) is 1.24. The number of ether oxygens (including phenoxy) is 2. The fraction of sp³-hybridized carbons (Fsp3) is 0.0909. The van der Waals surface area contributed by atoms with Crippen molar-refractivity contribution in [1.29, 1.82) is 5.26 Å². The number of hydrogen-bond donors (Lipinski definition) is 0. The molecule has 5 heteroatoms. The molecule has 0 amide bonds. The second kappa shape index (κ2) is 8.84. The largest absolute Gasteiger partial charge is 0.493 e. The highest BCUT2D eigenvalue weighted by Crippen LogP contribution is 2.30. The molecule has 1 aromatic heterocycles. The summed E-state index contributed by atoms with van der Waals surface area (Å²) in [6, 6.07) is 20.0. The van der Waals surface area contributed by atoms with Crippen LogP contribution in [0.5, 0.6) is 11.5 Å². The molecule has 0 saturated carbocycles. The van der Waals surface area contributed by atoms with Gasteiger partial charge in [-0.25, -0.2) is 0 Å². The van der Waals surface area contributed by atoms with E-state index in [1.807, 2.05) is 29.6 Å². The minimum Gasteiger partial charge on any atom is -0.493 e. The molecule has 2 aromatic carbocycles. The summed E-state index contributed by atoms with van der Waals surface area (Å²) in [4.78, 5) is 13.6. The average Bonchev–Trinajstić information content (AvgIpc) is 3.24. The van der Waals surface area contributed by atoms with Crippen molar-refractivity contribution in [2.24, 2.45) is 0 Å². The first kappa shape index (κ1) is 18.4. The van der Waals surface area contributed by atoms with Gasteiger partial charge >= 0.3 is 0 Å². The molecule has 0 unspecified atom stereocenters. The molecule has 0 fully saturated rings. The molecule has 3 aromatic rings. The fourth-order valence-electron chi connectivity index (χ4n) is 2.50. The van der Waals surface area contributed by atoms with Crippen LogP contribution in [0.1, 0.15) is 20.8 Å². The number of benzene rings is 2. The molecule has 0 bridgehead atoms. The molecule has 0 N–H and O–H groups in total. The summed E-state index contributed by atoms with van der Waals surface area (Å²) in [6.45, 7) is 0.457. The summed E-state index contributed by atoms with van der Waals surface area (Å²) < 4.78 is 11.2. The summed E-state index contributed by atoms with van der Waals surface area (Å²) in [5.74, 6) is 0.843. The van der Waals surface area contributed by atoms with Gasteiger partial charge in [0.2, 0.25) is 5.78 Å². The van der Waals surface area contributed by atoms with E-state index in [-0.39, 0.29) is 11.4 Å². The van der Waals surface area contributed by atoms with E-state index >= 15 is 0 Å². The van der Waals surface area contributed by atoms with Crippen LogP contribution in [0.4, 0.5) is 0 Å². The predicted octanol–water partition coefficient (Wildman–Crippen LogP) is 5.13. The Labute approximate surface area is 161 Å². The van der Waals surface area contributed by atoms with Gasteiger partial charge in [0.05, 0.1) is 7.11 Å². The summed E-state index contributed by atoms with van der Waals surface area (Å²) in [7, 11) is 1.56. The van der Waals surface area contributed by atoms with Gasteiger partial charge in [-0.05, 0) is 35.2 Å². The lowest BCUT2D eigenvalue weighted by Crippen LogP contribution is -2.01. The molecule has 134 valence electrons. The second-order valence-electron chi connectivity index (χ2n) is 5.64. The minimum atomic E-state index is -0.310. The topological polar surface area (TPSA) is 59.3 Å². The number of carbonyl (C=O) groups excluding carboxylic acids is 1. The first-order valence-electron chi connectivity index (χ1n) is 8.26. The van der Waals surface area contributed by atoms with Crippen molar-refractivity contribution in [3.05, 3.63) is 87.6 Å². The zero-order chi connectivity index (χ0) is 19.1. The quantitative estimate of drug-likeness (QED) is 0.326.